The van der Waals surface area contributed by atoms with Crippen molar-refractivity contribution in [3.8, 4) is 0 Å². The molecule has 5 heteroatoms. The molecule has 1 amide bonds. The first-order valence-corrected chi connectivity index (χ1v) is 9.58. The third-order valence-corrected chi connectivity index (χ3v) is 5.34. The maximum atomic E-state index is 11.6. The minimum atomic E-state index is 0.168. The highest BCUT2D eigenvalue weighted by molar-refractivity contribution is 5.76. The van der Waals surface area contributed by atoms with E-state index in [1.165, 1.54) is 16.6 Å². The number of piperazine rings is 1. The molecular formula is C22H26N4O. The number of carbonyl (C=O) groups is 1. The Balaban J connectivity index is 1.59. The molecule has 3 aromatic rings. The van der Waals surface area contributed by atoms with E-state index in [-0.39, 0.29) is 5.91 Å². The van der Waals surface area contributed by atoms with Crippen LogP contribution in [-0.2, 0) is 17.9 Å². The zero-order valence-electron chi connectivity index (χ0n) is 16.1. The lowest BCUT2D eigenvalue weighted by Gasteiger charge is -2.34. The average molecular weight is 362 g/mol. The van der Waals surface area contributed by atoms with Gasteiger partial charge in [0.2, 0.25) is 5.91 Å². The standard InChI is InChI=1S/C22H26N4O/c1-17-6-5-7-19(14-17)15-26-21-9-4-3-8-20(21)23-22(26)16-24-10-12-25(13-11-24)18(2)27/h3-9,14H,10-13,15-16H2,1-2H3. The third kappa shape index (κ3) is 3.88. The van der Waals surface area contributed by atoms with Gasteiger partial charge in [0.25, 0.3) is 0 Å². The molecule has 0 saturated carbocycles. The molecule has 0 N–H and O–H groups in total. The largest absolute Gasteiger partial charge is 0.340 e. The molecule has 0 aliphatic carbocycles. The van der Waals surface area contributed by atoms with E-state index in [0.717, 1.165) is 50.6 Å². The van der Waals surface area contributed by atoms with Crippen molar-refractivity contribution < 1.29 is 4.79 Å². The van der Waals surface area contributed by atoms with E-state index in [1.807, 2.05) is 11.0 Å². The van der Waals surface area contributed by atoms with Gasteiger partial charge in [0.15, 0.2) is 0 Å². The molecule has 1 aliphatic heterocycles. The van der Waals surface area contributed by atoms with Crippen molar-refractivity contribution in [1.82, 2.24) is 19.4 Å². The molecule has 4 rings (SSSR count). The number of aryl methyl sites for hydroxylation is 1. The fourth-order valence-electron chi connectivity index (χ4n) is 3.84. The van der Waals surface area contributed by atoms with Crippen LogP contribution >= 0.6 is 0 Å². The Morgan fingerprint density at radius 1 is 1.00 bits per heavy atom. The molecule has 0 radical (unpaired) electrons. The van der Waals surface area contributed by atoms with Crippen LogP contribution in [0.2, 0.25) is 0 Å². The van der Waals surface area contributed by atoms with Gasteiger partial charge in [-0.05, 0) is 24.6 Å². The van der Waals surface area contributed by atoms with E-state index in [2.05, 4.69) is 58.9 Å². The molecule has 1 aliphatic rings. The summed E-state index contributed by atoms with van der Waals surface area (Å²) in [4.78, 5) is 20.8. The molecule has 0 bridgehead atoms. The van der Waals surface area contributed by atoms with E-state index in [1.54, 1.807) is 6.92 Å². The summed E-state index contributed by atoms with van der Waals surface area (Å²) in [5.74, 6) is 1.26. The lowest BCUT2D eigenvalue weighted by molar-refractivity contribution is -0.130. The summed E-state index contributed by atoms with van der Waals surface area (Å²) < 4.78 is 2.33. The second kappa shape index (κ2) is 7.53. The van der Waals surface area contributed by atoms with Crippen molar-refractivity contribution >= 4 is 16.9 Å². The maximum Gasteiger partial charge on any atom is 0.219 e. The van der Waals surface area contributed by atoms with E-state index < -0.39 is 0 Å². The second-order valence-corrected chi connectivity index (χ2v) is 7.37. The topological polar surface area (TPSA) is 41.4 Å². The zero-order chi connectivity index (χ0) is 18.8. The summed E-state index contributed by atoms with van der Waals surface area (Å²) in [6.45, 7) is 8.81. The van der Waals surface area contributed by atoms with Crippen LogP contribution in [0, 0.1) is 6.92 Å². The molecule has 2 aromatic carbocycles. The van der Waals surface area contributed by atoms with Crippen molar-refractivity contribution in [1.29, 1.82) is 0 Å². The molecule has 1 fully saturated rings. The Kier molecular flexibility index (Phi) is 4.94. The van der Waals surface area contributed by atoms with Gasteiger partial charge in [-0.1, -0.05) is 42.0 Å². The van der Waals surface area contributed by atoms with Crippen LogP contribution in [0.5, 0.6) is 0 Å². The molecule has 140 valence electrons. The minimum absolute atomic E-state index is 0.168. The Morgan fingerprint density at radius 3 is 2.52 bits per heavy atom. The number of carbonyl (C=O) groups excluding carboxylic acids is 1. The Labute approximate surface area is 160 Å². The summed E-state index contributed by atoms with van der Waals surface area (Å²) in [6.07, 6.45) is 0. The Hall–Kier alpha value is -2.66. The second-order valence-electron chi connectivity index (χ2n) is 7.37. The monoisotopic (exact) mass is 362 g/mol. The van der Waals surface area contributed by atoms with Crippen LogP contribution in [0.25, 0.3) is 11.0 Å². The normalized spacial score (nSPS) is 15.4. The summed E-state index contributed by atoms with van der Waals surface area (Å²) in [5.41, 5.74) is 4.79. The van der Waals surface area contributed by atoms with Gasteiger partial charge in [0.1, 0.15) is 5.82 Å². The van der Waals surface area contributed by atoms with Crippen molar-refractivity contribution in [2.45, 2.75) is 26.9 Å². The molecule has 1 aromatic heterocycles. The molecule has 0 atom stereocenters. The number of rotatable bonds is 4. The third-order valence-electron chi connectivity index (χ3n) is 5.34. The highest BCUT2D eigenvalue weighted by atomic mass is 16.2. The molecule has 0 unspecified atom stereocenters. The first kappa shape index (κ1) is 17.7. The van der Waals surface area contributed by atoms with E-state index >= 15 is 0 Å². The quantitative estimate of drug-likeness (QED) is 0.716. The molecule has 5 nitrogen and oxygen atoms in total. The number of para-hydroxylation sites is 2. The van der Waals surface area contributed by atoms with Crippen LogP contribution in [0.15, 0.2) is 48.5 Å². The predicted molar refractivity (Wildman–Crippen MR) is 108 cm³/mol. The molecule has 1 saturated heterocycles. The summed E-state index contributed by atoms with van der Waals surface area (Å²) in [7, 11) is 0. The zero-order valence-corrected chi connectivity index (χ0v) is 16.1. The lowest BCUT2D eigenvalue weighted by Crippen LogP contribution is -2.47. The number of benzene rings is 2. The number of aromatic nitrogens is 2. The summed E-state index contributed by atoms with van der Waals surface area (Å²) >= 11 is 0. The number of nitrogens with zero attached hydrogens (tertiary/aromatic N) is 4. The fourth-order valence-corrected chi connectivity index (χ4v) is 3.84. The van der Waals surface area contributed by atoms with E-state index in [0.29, 0.717) is 0 Å². The highest BCUT2D eigenvalue weighted by Crippen LogP contribution is 2.20. The van der Waals surface area contributed by atoms with Crippen LogP contribution in [0.4, 0.5) is 0 Å². The number of hydrogen-bond donors (Lipinski definition) is 0. The Morgan fingerprint density at radius 2 is 1.78 bits per heavy atom. The fraction of sp³-hybridized carbons (Fsp3) is 0.364. The van der Waals surface area contributed by atoms with Gasteiger partial charge in [-0.3, -0.25) is 9.69 Å². The van der Waals surface area contributed by atoms with Crippen LogP contribution < -0.4 is 0 Å². The minimum Gasteiger partial charge on any atom is -0.340 e. The van der Waals surface area contributed by atoms with Gasteiger partial charge in [-0.2, -0.15) is 0 Å². The maximum absolute atomic E-state index is 11.6. The van der Waals surface area contributed by atoms with Gasteiger partial charge < -0.3 is 9.47 Å². The van der Waals surface area contributed by atoms with Crippen molar-refractivity contribution in [2.75, 3.05) is 26.2 Å². The highest BCUT2D eigenvalue weighted by Gasteiger charge is 2.21. The molecule has 0 spiro atoms. The van der Waals surface area contributed by atoms with Crippen molar-refractivity contribution in [2.24, 2.45) is 0 Å². The van der Waals surface area contributed by atoms with Crippen molar-refractivity contribution in [3.63, 3.8) is 0 Å². The molecular weight excluding hydrogens is 336 g/mol. The average Bonchev–Trinajstić information content (AvgIpc) is 2.99. The Bertz CT molecular complexity index is 954. The van der Waals surface area contributed by atoms with Gasteiger partial charge in [0.05, 0.1) is 17.6 Å². The first-order chi connectivity index (χ1) is 13.1. The van der Waals surface area contributed by atoms with Gasteiger partial charge in [-0.15, -0.1) is 0 Å². The van der Waals surface area contributed by atoms with E-state index in [4.69, 9.17) is 4.98 Å². The van der Waals surface area contributed by atoms with Gasteiger partial charge in [-0.25, -0.2) is 4.98 Å². The van der Waals surface area contributed by atoms with Crippen LogP contribution in [0.3, 0.4) is 0 Å². The van der Waals surface area contributed by atoms with E-state index in [9.17, 15) is 4.79 Å². The smallest absolute Gasteiger partial charge is 0.219 e. The number of fused-ring (bicyclic) bond motifs is 1. The lowest BCUT2D eigenvalue weighted by atomic mass is 10.1. The number of amides is 1. The summed E-state index contributed by atoms with van der Waals surface area (Å²) in [5, 5.41) is 0. The molecule has 27 heavy (non-hydrogen) atoms. The van der Waals surface area contributed by atoms with Crippen molar-refractivity contribution in [3.05, 3.63) is 65.5 Å². The van der Waals surface area contributed by atoms with Gasteiger partial charge in [0, 0.05) is 39.6 Å². The first-order valence-electron chi connectivity index (χ1n) is 9.58. The predicted octanol–water partition coefficient (Wildman–Crippen LogP) is 3.06. The number of hydrogen-bond acceptors (Lipinski definition) is 3. The molecule has 2 heterocycles. The van der Waals surface area contributed by atoms with Crippen LogP contribution in [0.1, 0.15) is 23.9 Å². The van der Waals surface area contributed by atoms with Crippen LogP contribution in [-0.4, -0.2) is 51.4 Å². The SMILES string of the molecule is CC(=O)N1CCN(Cc2nc3ccccc3n2Cc2cccc(C)c2)CC1. The number of imidazole rings is 1. The summed E-state index contributed by atoms with van der Waals surface area (Å²) in [6, 6.07) is 17.0. The van der Waals surface area contributed by atoms with Gasteiger partial charge >= 0.3 is 0 Å².